The predicted molar refractivity (Wildman–Crippen MR) is 103 cm³/mol. The zero-order chi connectivity index (χ0) is 20.8. The number of carbonyl (C=O) groups is 3. The van der Waals surface area contributed by atoms with Crippen LogP contribution in [0.2, 0.25) is 0 Å². The van der Waals surface area contributed by atoms with Crippen molar-refractivity contribution in [3.8, 4) is 0 Å². The molecule has 0 radical (unpaired) electrons. The third kappa shape index (κ3) is 5.16. The largest absolute Gasteiger partial charge is 0.478 e. The molecule has 1 heterocycles. The Bertz CT molecular complexity index is 1070. The van der Waals surface area contributed by atoms with Crippen molar-refractivity contribution in [2.24, 2.45) is 0 Å². The Morgan fingerprint density at radius 3 is 2.41 bits per heavy atom. The lowest BCUT2D eigenvalue weighted by Gasteiger charge is -2.11. The average molecular weight is 394 g/mol. The summed E-state index contributed by atoms with van der Waals surface area (Å²) in [6.07, 6.45) is 2.67. The van der Waals surface area contributed by atoms with Gasteiger partial charge in [-0.1, -0.05) is 18.2 Å². The monoisotopic (exact) mass is 394 g/mol. The summed E-state index contributed by atoms with van der Waals surface area (Å²) in [5.74, 6) is -2.95. The maximum Gasteiger partial charge on any atom is 0.335 e. The number of benzene rings is 2. The van der Waals surface area contributed by atoms with Gasteiger partial charge in [0, 0.05) is 5.69 Å². The Balaban J connectivity index is 1.88. The van der Waals surface area contributed by atoms with Crippen LogP contribution in [0.3, 0.4) is 0 Å². The number of nitrogens with one attached hydrogen (secondary N) is 2. The number of amides is 2. The molecule has 0 spiro atoms. The van der Waals surface area contributed by atoms with E-state index >= 15 is 0 Å². The van der Waals surface area contributed by atoms with E-state index in [1.807, 2.05) is 0 Å². The van der Waals surface area contributed by atoms with Crippen LogP contribution in [0, 0.1) is 5.82 Å². The lowest BCUT2D eigenvalue weighted by molar-refractivity contribution is -0.113. The van der Waals surface area contributed by atoms with Gasteiger partial charge >= 0.3 is 5.97 Å². The van der Waals surface area contributed by atoms with Crippen LogP contribution in [0.25, 0.3) is 6.08 Å². The first kappa shape index (κ1) is 19.6. The normalized spacial score (nSPS) is 11.0. The number of carboxylic acid groups (broad SMARTS) is 1. The Kier molecular flexibility index (Phi) is 5.84. The summed E-state index contributed by atoms with van der Waals surface area (Å²) in [4.78, 5) is 36.1. The van der Waals surface area contributed by atoms with Gasteiger partial charge in [-0.3, -0.25) is 9.59 Å². The summed E-state index contributed by atoms with van der Waals surface area (Å²) < 4.78 is 18.2. The second kappa shape index (κ2) is 8.66. The standard InChI is InChI=1S/C21H15FN2O5/c22-15-8-6-13(7-9-15)11-17(24-20(26)18-5-2-10-29-18)19(25)23-16-4-1-3-14(12-16)21(27)28/h1-12H,(H,23,25)(H,24,26)(H,27,28)/b17-11+. The fraction of sp³-hybridized carbons (Fsp3) is 0. The van der Waals surface area contributed by atoms with E-state index in [9.17, 15) is 18.8 Å². The zero-order valence-corrected chi connectivity index (χ0v) is 14.9. The maximum atomic E-state index is 13.1. The highest BCUT2D eigenvalue weighted by Crippen LogP contribution is 2.14. The van der Waals surface area contributed by atoms with E-state index in [2.05, 4.69) is 10.6 Å². The van der Waals surface area contributed by atoms with Crippen molar-refractivity contribution >= 4 is 29.5 Å². The Hall–Kier alpha value is -4.20. The predicted octanol–water partition coefficient (Wildman–Crippen LogP) is 3.53. The third-order valence-electron chi connectivity index (χ3n) is 3.79. The maximum absolute atomic E-state index is 13.1. The van der Waals surface area contributed by atoms with Gasteiger partial charge in [-0.25, -0.2) is 9.18 Å². The molecule has 146 valence electrons. The minimum Gasteiger partial charge on any atom is -0.478 e. The first-order valence-corrected chi connectivity index (χ1v) is 8.39. The fourth-order valence-corrected chi connectivity index (χ4v) is 2.40. The minimum atomic E-state index is -1.14. The van der Waals surface area contributed by atoms with Crippen molar-refractivity contribution in [3.63, 3.8) is 0 Å². The number of halogens is 1. The number of furan rings is 1. The first-order valence-electron chi connectivity index (χ1n) is 8.39. The Morgan fingerprint density at radius 2 is 1.76 bits per heavy atom. The van der Waals surface area contributed by atoms with Gasteiger partial charge in [-0.05, 0) is 54.1 Å². The summed E-state index contributed by atoms with van der Waals surface area (Å²) >= 11 is 0. The van der Waals surface area contributed by atoms with E-state index in [0.717, 1.165) is 0 Å². The molecule has 0 aliphatic rings. The van der Waals surface area contributed by atoms with Crippen LogP contribution < -0.4 is 10.6 Å². The van der Waals surface area contributed by atoms with Crippen LogP contribution in [0.4, 0.5) is 10.1 Å². The van der Waals surface area contributed by atoms with Gasteiger partial charge in [0.05, 0.1) is 11.8 Å². The number of aromatic carboxylic acids is 1. The number of hydrogen-bond acceptors (Lipinski definition) is 4. The number of anilines is 1. The molecule has 0 aliphatic carbocycles. The van der Waals surface area contributed by atoms with Crippen molar-refractivity contribution in [3.05, 3.63) is 95.3 Å². The van der Waals surface area contributed by atoms with Crippen molar-refractivity contribution < 1.29 is 28.3 Å². The van der Waals surface area contributed by atoms with E-state index in [-0.39, 0.29) is 22.7 Å². The molecule has 2 aromatic carbocycles. The van der Waals surface area contributed by atoms with Crippen LogP contribution in [0.5, 0.6) is 0 Å². The second-order valence-electron chi connectivity index (χ2n) is 5.88. The molecule has 1 aromatic heterocycles. The molecule has 0 bridgehead atoms. The fourth-order valence-electron chi connectivity index (χ4n) is 2.40. The molecular weight excluding hydrogens is 379 g/mol. The molecule has 0 saturated heterocycles. The lowest BCUT2D eigenvalue weighted by Crippen LogP contribution is -2.30. The third-order valence-corrected chi connectivity index (χ3v) is 3.79. The van der Waals surface area contributed by atoms with Crippen LogP contribution >= 0.6 is 0 Å². The molecule has 29 heavy (non-hydrogen) atoms. The summed E-state index contributed by atoms with van der Waals surface area (Å²) in [5, 5.41) is 14.0. The molecule has 8 heteroatoms. The summed E-state index contributed by atoms with van der Waals surface area (Å²) in [6.45, 7) is 0. The SMILES string of the molecule is O=C(Nc1cccc(C(=O)O)c1)/C(=C\c1ccc(F)cc1)NC(=O)c1ccco1. The molecule has 3 aromatic rings. The van der Waals surface area contributed by atoms with Gasteiger partial charge in [0.1, 0.15) is 11.5 Å². The van der Waals surface area contributed by atoms with Gasteiger partial charge in [0.25, 0.3) is 11.8 Å². The molecule has 3 rings (SSSR count). The summed E-state index contributed by atoms with van der Waals surface area (Å²) in [7, 11) is 0. The van der Waals surface area contributed by atoms with Crippen LogP contribution in [0.15, 0.2) is 77.0 Å². The Morgan fingerprint density at radius 1 is 1.00 bits per heavy atom. The van der Waals surface area contributed by atoms with E-state index < -0.39 is 23.6 Å². The molecule has 2 amide bonds. The Labute approximate surface area is 164 Å². The van der Waals surface area contributed by atoms with Crippen LogP contribution in [-0.4, -0.2) is 22.9 Å². The van der Waals surface area contributed by atoms with Crippen LogP contribution in [0.1, 0.15) is 26.5 Å². The molecular formula is C21H15FN2O5. The first-order chi connectivity index (χ1) is 13.9. The molecule has 7 nitrogen and oxygen atoms in total. The molecule has 0 atom stereocenters. The van der Waals surface area contributed by atoms with Crippen molar-refractivity contribution in [2.75, 3.05) is 5.32 Å². The highest BCUT2D eigenvalue weighted by Gasteiger charge is 2.17. The quantitative estimate of drug-likeness (QED) is 0.554. The van der Waals surface area contributed by atoms with Gasteiger partial charge in [0.2, 0.25) is 0 Å². The molecule has 0 aliphatic heterocycles. The summed E-state index contributed by atoms with van der Waals surface area (Å²) in [5.41, 5.74) is 0.549. The molecule has 3 N–H and O–H groups in total. The minimum absolute atomic E-state index is 0.00400. The van der Waals surface area contributed by atoms with E-state index in [4.69, 9.17) is 9.52 Å². The van der Waals surface area contributed by atoms with Gasteiger partial charge in [-0.15, -0.1) is 0 Å². The van der Waals surface area contributed by atoms with Crippen molar-refractivity contribution in [1.29, 1.82) is 0 Å². The van der Waals surface area contributed by atoms with E-state index in [0.29, 0.717) is 5.56 Å². The van der Waals surface area contributed by atoms with E-state index in [1.165, 1.54) is 73.0 Å². The van der Waals surface area contributed by atoms with Gasteiger partial charge in [0.15, 0.2) is 5.76 Å². The number of rotatable bonds is 6. The molecule has 0 fully saturated rings. The summed E-state index contributed by atoms with van der Waals surface area (Å²) in [6, 6.07) is 13.9. The average Bonchev–Trinajstić information content (AvgIpc) is 3.24. The molecule has 0 unspecified atom stereocenters. The molecule has 0 saturated carbocycles. The van der Waals surface area contributed by atoms with Crippen molar-refractivity contribution in [1.82, 2.24) is 5.32 Å². The topological polar surface area (TPSA) is 109 Å². The highest BCUT2D eigenvalue weighted by atomic mass is 19.1. The van der Waals surface area contributed by atoms with Gasteiger partial charge in [-0.2, -0.15) is 0 Å². The smallest absolute Gasteiger partial charge is 0.335 e. The van der Waals surface area contributed by atoms with Crippen molar-refractivity contribution in [2.45, 2.75) is 0 Å². The number of hydrogen-bond donors (Lipinski definition) is 3. The lowest BCUT2D eigenvalue weighted by atomic mass is 10.1. The van der Waals surface area contributed by atoms with Gasteiger partial charge < -0.3 is 20.2 Å². The number of carbonyl (C=O) groups excluding carboxylic acids is 2. The highest BCUT2D eigenvalue weighted by molar-refractivity contribution is 6.10. The van der Waals surface area contributed by atoms with E-state index in [1.54, 1.807) is 0 Å². The number of carboxylic acids is 1. The zero-order valence-electron chi connectivity index (χ0n) is 14.9. The second-order valence-corrected chi connectivity index (χ2v) is 5.88. The van der Waals surface area contributed by atoms with Crippen LogP contribution in [-0.2, 0) is 4.79 Å².